The summed E-state index contributed by atoms with van der Waals surface area (Å²) >= 11 is 7.12. The Morgan fingerprint density at radius 3 is 2.56 bits per heavy atom. The molecule has 0 radical (unpaired) electrons. The van der Waals surface area contributed by atoms with Gasteiger partial charge in [0.25, 0.3) is 0 Å². The van der Waals surface area contributed by atoms with Crippen molar-refractivity contribution < 1.29 is 9.90 Å². The van der Waals surface area contributed by atoms with Crippen LogP contribution in [0.4, 0.5) is 10.8 Å². The lowest BCUT2D eigenvalue weighted by atomic mass is 10.2. The highest BCUT2D eigenvalue weighted by atomic mass is 35.5. The van der Waals surface area contributed by atoms with Gasteiger partial charge in [-0.25, -0.2) is 0 Å². The Labute approximate surface area is 154 Å². The van der Waals surface area contributed by atoms with Crippen molar-refractivity contribution in [2.24, 2.45) is 0 Å². The van der Waals surface area contributed by atoms with Crippen molar-refractivity contribution >= 4 is 39.7 Å². The quantitative estimate of drug-likeness (QED) is 0.602. The first-order chi connectivity index (χ1) is 12.1. The van der Waals surface area contributed by atoms with E-state index in [1.165, 1.54) is 11.3 Å². The predicted molar refractivity (Wildman–Crippen MR) is 101 cm³/mol. The van der Waals surface area contributed by atoms with Crippen LogP contribution in [-0.2, 0) is 17.8 Å². The zero-order valence-corrected chi connectivity index (χ0v) is 14.8. The number of rotatable bonds is 6. The van der Waals surface area contributed by atoms with E-state index in [9.17, 15) is 9.90 Å². The molecular formula is C18H16ClN3O2S. The molecule has 1 heterocycles. The van der Waals surface area contributed by atoms with Crippen LogP contribution < -0.4 is 10.6 Å². The minimum atomic E-state index is -0.200. The maximum Gasteiger partial charge on any atom is 0.229 e. The van der Waals surface area contributed by atoms with Crippen LogP contribution in [0.15, 0.2) is 54.6 Å². The van der Waals surface area contributed by atoms with E-state index < -0.39 is 0 Å². The van der Waals surface area contributed by atoms with Crippen molar-refractivity contribution in [3.63, 3.8) is 0 Å². The molecule has 128 valence electrons. The molecule has 0 bridgehead atoms. The van der Waals surface area contributed by atoms with E-state index in [1.807, 2.05) is 54.6 Å². The fourth-order valence-electron chi connectivity index (χ4n) is 2.19. The number of halogens is 1. The van der Waals surface area contributed by atoms with E-state index in [4.69, 9.17) is 11.6 Å². The summed E-state index contributed by atoms with van der Waals surface area (Å²) in [7, 11) is 0. The summed E-state index contributed by atoms with van der Waals surface area (Å²) in [6, 6.07) is 16.6. The molecule has 0 unspecified atom stereocenters. The summed E-state index contributed by atoms with van der Waals surface area (Å²) in [4.78, 5) is 16.7. The van der Waals surface area contributed by atoms with E-state index in [0.717, 1.165) is 11.3 Å². The van der Waals surface area contributed by atoms with E-state index in [-0.39, 0.29) is 18.2 Å². The SMILES string of the molecule is O=C(Cc1sc(NCc2ccc(Cl)cc2)nc1O)Nc1ccccc1. The van der Waals surface area contributed by atoms with Crippen molar-refractivity contribution in [1.82, 2.24) is 4.98 Å². The number of benzene rings is 2. The Hall–Kier alpha value is -2.57. The molecule has 0 aliphatic heterocycles. The summed E-state index contributed by atoms with van der Waals surface area (Å²) in [6.07, 6.45) is 0.0705. The average Bonchev–Trinajstić information content (AvgIpc) is 2.95. The minimum Gasteiger partial charge on any atom is -0.492 e. The van der Waals surface area contributed by atoms with Crippen molar-refractivity contribution in [1.29, 1.82) is 0 Å². The Morgan fingerprint density at radius 1 is 1.12 bits per heavy atom. The maximum absolute atomic E-state index is 12.1. The summed E-state index contributed by atoms with van der Waals surface area (Å²) < 4.78 is 0. The predicted octanol–water partition coefficient (Wildman–Crippen LogP) is 4.30. The van der Waals surface area contributed by atoms with E-state index >= 15 is 0 Å². The third kappa shape index (κ3) is 4.95. The van der Waals surface area contributed by atoms with Crippen LogP contribution in [0.3, 0.4) is 0 Å². The van der Waals surface area contributed by atoms with Gasteiger partial charge in [-0.2, -0.15) is 4.98 Å². The molecule has 1 amide bonds. The molecule has 0 saturated carbocycles. The number of amides is 1. The zero-order valence-electron chi connectivity index (χ0n) is 13.2. The highest BCUT2D eigenvalue weighted by molar-refractivity contribution is 7.16. The van der Waals surface area contributed by atoms with Gasteiger partial charge in [0.05, 0.1) is 11.3 Å². The highest BCUT2D eigenvalue weighted by Gasteiger charge is 2.14. The second kappa shape index (κ2) is 8.00. The molecule has 3 N–H and O–H groups in total. The van der Waals surface area contributed by atoms with Crippen LogP contribution >= 0.6 is 22.9 Å². The second-order valence-electron chi connectivity index (χ2n) is 5.34. The molecule has 0 aliphatic rings. The zero-order chi connectivity index (χ0) is 17.6. The fourth-order valence-corrected chi connectivity index (χ4v) is 3.16. The van der Waals surface area contributed by atoms with E-state index in [2.05, 4.69) is 15.6 Å². The number of hydrogen-bond acceptors (Lipinski definition) is 5. The second-order valence-corrected chi connectivity index (χ2v) is 6.86. The molecule has 3 rings (SSSR count). The number of carbonyl (C=O) groups excluding carboxylic acids is 1. The van der Waals surface area contributed by atoms with Crippen LogP contribution in [0.2, 0.25) is 5.02 Å². The smallest absolute Gasteiger partial charge is 0.229 e. The largest absolute Gasteiger partial charge is 0.492 e. The third-order valence-corrected chi connectivity index (χ3v) is 4.67. The molecule has 0 saturated heterocycles. The number of hydrogen-bond donors (Lipinski definition) is 3. The van der Waals surface area contributed by atoms with E-state index in [1.54, 1.807) is 0 Å². The van der Waals surface area contributed by atoms with Crippen molar-refractivity contribution in [3.8, 4) is 5.88 Å². The molecule has 3 aromatic rings. The molecule has 5 nitrogen and oxygen atoms in total. The molecule has 2 aromatic carbocycles. The number of anilines is 2. The fraction of sp³-hybridized carbons (Fsp3) is 0.111. The van der Waals surface area contributed by atoms with Crippen LogP contribution in [0.1, 0.15) is 10.4 Å². The summed E-state index contributed by atoms with van der Waals surface area (Å²) in [6.45, 7) is 0.555. The number of thiazole rings is 1. The minimum absolute atomic E-state index is 0.0705. The first-order valence-electron chi connectivity index (χ1n) is 7.62. The van der Waals surface area contributed by atoms with Gasteiger partial charge >= 0.3 is 0 Å². The Bertz CT molecular complexity index is 851. The number of para-hydroxylation sites is 1. The van der Waals surface area contributed by atoms with Gasteiger partial charge in [-0.15, -0.1) is 0 Å². The van der Waals surface area contributed by atoms with Gasteiger partial charge < -0.3 is 15.7 Å². The van der Waals surface area contributed by atoms with Crippen molar-refractivity contribution in [2.45, 2.75) is 13.0 Å². The Kier molecular flexibility index (Phi) is 5.53. The lowest BCUT2D eigenvalue weighted by Crippen LogP contribution is -2.13. The van der Waals surface area contributed by atoms with E-state index in [0.29, 0.717) is 21.6 Å². The number of nitrogens with one attached hydrogen (secondary N) is 2. The monoisotopic (exact) mass is 373 g/mol. The van der Waals surface area contributed by atoms with Crippen molar-refractivity contribution in [2.75, 3.05) is 10.6 Å². The standard InChI is InChI=1S/C18H16ClN3O2S/c19-13-8-6-12(7-9-13)11-20-18-22-17(24)15(25-18)10-16(23)21-14-4-2-1-3-5-14/h1-9,24H,10-11H2,(H,20,22)(H,21,23). The van der Waals surface area contributed by atoms with Gasteiger partial charge in [-0.3, -0.25) is 4.79 Å². The molecule has 25 heavy (non-hydrogen) atoms. The normalized spacial score (nSPS) is 10.4. The topological polar surface area (TPSA) is 74.2 Å². The molecular weight excluding hydrogens is 358 g/mol. The van der Waals surface area contributed by atoms with Gasteiger partial charge in [-0.05, 0) is 29.8 Å². The lowest BCUT2D eigenvalue weighted by Gasteiger charge is -2.03. The van der Waals surface area contributed by atoms with Crippen LogP contribution in [0.5, 0.6) is 5.88 Å². The van der Waals surface area contributed by atoms with Gasteiger partial charge in [0, 0.05) is 17.3 Å². The van der Waals surface area contributed by atoms with Crippen LogP contribution in [0, 0.1) is 0 Å². The Morgan fingerprint density at radius 2 is 1.84 bits per heavy atom. The van der Waals surface area contributed by atoms with Gasteiger partial charge in [-0.1, -0.05) is 53.3 Å². The maximum atomic E-state index is 12.1. The first-order valence-corrected chi connectivity index (χ1v) is 8.81. The number of aromatic hydroxyl groups is 1. The highest BCUT2D eigenvalue weighted by Crippen LogP contribution is 2.29. The molecule has 0 atom stereocenters. The molecule has 1 aromatic heterocycles. The van der Waals surface area contributed by atoms with Crippen LogP contribution in [-0.4, -0.2) is 16.0 Å². The molecule has 0 fully saturated rings. The van der Waals surface area contributed by atoms with Gasteiger partial charge in [0.2, 0.25) is 11.8 Å². The summed E-state index contributed by atoms with van der Waals surface area (Å²) in [5.74, 6) is -0.318. The number of aromatic nitrogens is 1. The lowest BCUT2D eigenvalue weighted by molar-refractivity contribution is -0.115. The van der Waals surface area contributed by atoms with Crippen LogP contribution in [0.25, 0.3) is 0 Å². The molecule has 7 heteroatoms. The number of carbonyl (C=O) groups is 1. The van der Waals surface area contributed by atoms with Crippen molar-refractivity contribution in [3.05, 3.63) is 70.1 Å². The average molecular weight is 374 g/mol. The third-order valence-electron chi connectivity index (χ3n) is 3.41. The Balaban J connectivity index is 1.58. The number of nitrogens with zero attached hydrogens (tertiary/aromatic N) is 1. The first kappa shape index (κ1) is 17.3. The van der Waals surface area contributed by atoms with Gasteiger partial charge in [0.15, 0.2) is 5.13 Å². The summed E-state index contributed by atoms with van der Waals surface area (Å²) in [5, 5.41) is 17.1. The molecule has 0 aliphatic carbocycles. The summed E-state index contributed by atoms with van der Waals surface area (Å²) in [5.41, 5.74) is 1.76. The molecule has 0 spiro atoms. The van der Waals surface area contributed by atoms with Gasteiger partial charge in [0.1, 0.15) is 0 Å².